The lowest BCUT2D eigenvalue weighted by atomic mass is 10.2. The minimum Gasteiger partial charge on any atom is -0.497 e. The third-order valence-corrected chi connectivity index (χ3v) is 3.37. The summed E-state index contributed by atoms with van der Waals surface area (Å²) in [5.41, 5.74) is 2.35. The Morgan fingerprint density at radius 2 is 2.11 bits per heavy atom. The number of nitrogens with zero attached hydrogens (tertiary/aromatic N) is 2. The number of hydrogen-bond acceptors (Lipinski definition) is 3. The lowest BCUT2D eigenvalue weighted by molar-refractivity contribution is 0.414. The average molecular weight is 321 g/mol. The predicted octanol–water partition coefficient (Wildman–Crippen LogP) is 3.80. The Kier molecular flexibility index (Phi) is 4.43. The summed E-state index contributed by atoms with van der Waals surface area (Å²) in [4.78, 5) is 6.60. The van der Waals surface area contributed by atoms with Crippen molar-refractivity contribution in [3.05, 3.63) is 52.1 Å². The van der Waals surface area contributed by atoms with Gasteiger partial charge in [-0.1, -0.05) is 12.1 Å². The van der Waals surface area contributed by atoms with Crippen LogP contribution in [-0.4, -0.2) is 19.1 Å². The highest BCUT2D eigenvalue weighted by Gasteiger charge is 2.08. The molecule has 1 heterocycles. The van der Waals surface area contributed by atoms with E-state index in [0.29, 0.717) is 0 Å². The molecule has 1 aromatic heterocycles. The first-order valence-corrected chi connectivity index (χ1v) is 6.85. The maximum Gasteiger partial charge on any atom is 0.131 e. The number of aromatic nitrogens is 1. The Hall–Kier alpha value is -1.55. The van der Waals surface area contributed by atoms with Crippen molar-refractivity contribution >= 4 is 21.7 Å². The van der Waals surface area contributed by atoms with Crippen molar-refractivity contribution < 1.29 is 4.74 Å². The number of halogens is 1. The molecular formula is C15H17BrN2O. The molecule has 0 unspecified atom stereocenters. The Morgan fingerprint density at radius 1 is 1.32 bits per heavy atom. The van der Waals surface area contributed by atoms with Gasteiger partial charge in [-0.3, -0.25) is 0 Å². The zero-order valence-electron chi connectivity index (χ0n) is 11.4. The smallest absolute Gasteiger partial charge is 0.131 e. The number of ether oxygens (including phenoxy) is 1. The largest absolute Gasteiger partial charge is 0.497 e. The summed E-state index contributed by atoms with van der Waals surface area (Å²) >= 11 is 3.43. The van der Waals surface area contributed by atoms with E-state index in [4.69, 9.17) is 4.74 Å². The third kappa shape index (κ3) is 3.47. The van der Waals surface area contributed by atoms with Crippen molar-refractivity contribution in [2.24, 2.45) is 0 Å². The fourth-order valence-electron chi connectivity index (χ4n) is 2.05. The highest BCUT2D eigenvalue weighted by Crippen LogP contribution is 2.22. The van der Waals surface area contributed by atoms with E-state index in [0.717, 1.165) is 28.1 Å². The van der Waals surface area contributed by atoms with Gasteiger partial charge < -0.3 is 9.64 Å². The molecule has 0 radical (unpaired) electrons. The molecule has 0 spiro atoms. The minimum atomic E-state index is 0.798. The van der Waals surface area contributed by atoms with E-state index in [9.17, 15) is 0 Å². The fourth-order valence-corrected chi connectivity index (χ4v) is 2.50. The molecule has 2 rings (SSSR count). The first-order valence-electron chi connectivity index (χ1n) is 6.06. The van der Waals surface area contributed by atoms with Crippen molar-refractivity contribution in [1.82, 2.24) is 4.98 Å². The fraction of sp³-hybridized carbons (Fsp3) is 0.267. The topological polar surface area (TPSA) is 25.4 Å². The second-order valence-electron chi connectivity index (χ2n) is 4.50. The molecule has 3 nitrogen and oxygen atoms in total. The lowest BCUT2D eigenvalue weighted by Crippen LogP contribution is -2.18. The van der Waals surface area contributed by atoms with E-state index < -0.39 is 0 Å². The number of rotatable bonds is 4. The van der Waals surface area contributed by atoms with Gasteiger partial charge in [0.05, 0.1) is 7.11 Å². The van der Waals surface area contributed by atoms with Gasteiger partial charge in [-0.2, -0.15) is 0 Å². The molecule has 0 N–H and O–H groups in total. The standard InChI is InChI=1S/C15H17BrN2O/c1-11-7-13(16)9-17-15(11)18(2)10-12-5-4-6-14(8-12)19-3/h4-9H,10H2,1-3H3. The van der Waals surface area contributed by atoms with Gasteiger partial charge in [-0.05, 0) is 52.2 Å². The maximum atomic E-state index is 5.24. The quantitative estimate of drug-likeness (QED) is 0.856. The third-order valence-electron chi connectivity index (χ3n) is 2.93. The van der Waals surface area contributed by atoms with Crippen LogP contribution < -0.4 is 9.64 Å². The van der Waals surface area contributed by atoms with Crippen LogP contribution in [0.4, 0.5) is 5.82 Å². The van der Waals surface area contributed by atoms with Crippen LogP contribution in [0.2, 0.25) is 0 Å². The molecule has 0 aliphatic rings. The van der Waals surface area contributed by atoms with E-state index in [1.807, 2.05) is 31.4 Å². The number of methoxy groups -OCH3 is 1. The first-order chi connectivity index (χ1) is 9.10. The van der Waals surface area contributed by atoms with Gasteiger partial charge in [-0.25, -0.2) is 4.98 Å². The van der Waals surface area contributed by atoms with E-state index in [2.05, 4.69) is 44.9 Å². The Labute approximate surface area is 122 Å². The zero-order valence-corrected chi connectivity index (χ0v) is 12.9. The monoisotopic (exact) mass is 320 g/mol. The second-order valence-corrected chi connectivity index (χ2v) is 5.42. The highest BCUT2D eigenvalue weighted by atomic mass is 79.9. The number of anilines is 1. The lowest BCUT2D eigenvalue weighted by Gasteiger charge is -2.20. The maximum absolute atomic E-state index is 5.24. The summed E-state index contributed by atoms with van der Waals surface area (Å²) in [7, 11) is 3.73. The summed E-state index contributed by atoms with van der Waals surface area (Å²) in [6, 6.07) is 10.2. The molecule has 100 valence electrons. The van der Waals surface area contributed by atoms with E-state index in [1.165, 1.54) is 5.56 Å². The van der Waals surface area contributed by atoms with Gasteiger partial charge in [0.25, 0.3) is 0 Å². The summed E-state index contributed by atoms with van der Waals surface area (Å²) < 4.78 is 6.24. The molecule has 0 atom stereocenters. The molecule has 0 fully saturated rings. The Balaban J connectivity index is 2.17. The van der Waals surface area contributed by atoms with Crippen LogP contribution >= 0.6 is 15.9 Å². The van der Waals surface area contributed by atoms with Crippen molar-refractivity contribution in [2.45, 2.75) is 13.5 Å². The first kappa shape index (κ1) is 13.9. The van der Waals surface area contributed by atoms with Crippen molar-refractivity contribution in [1.29, 1.82) is 0 Å². The molecular weight excluding hydrogens is 304 g/mol. The molecule has 19 heavy (non-hydrogen) atoms. The van der Waals surface area contributed by atoms with Gasteiger partial charge in [0.2, 0.25) is 0 Å². The predicted molar refractivity (Wildman–Crippen MR) is 81.8 cm³/mol. The van der Waals surface area contributed by atoms with Crippen molar-refractivity contribution in [3.8, 4) is 5.75 Å². The van der Waals surface area contributed by atoms with E-state index in [1.54, 1.807) is 7.11 Å². The van der Waals surface area contributed by atoms with Crippen LogP contribution in [-0.2, 0) is 6.54 Å². The molecule has 0 amide bonds. The summed E-state index contributed by atoms with van der Waals surface area (Å²) in [5.74, 6) is 1.87. The molecule has 0 bridgehead atoms. The molecule has 2 aromatic rings. The van der Waals surface area contributed by atoms with Crippen LogP contribution in [0.3, 0.4) is 0 Å². The van der Waals surface area contributed by atoms with E-state index >= 15 is 0 Å². The number of aryl methyl sites for hydroxylation is 1. The van der Waals surface area contributed by atoms with Gasteiger partial charge >= 0.3 is 0 Å². The van der Waals surface area contributed by atoms with Crippen LogP contribution in [0.25, 0.3) is 0 Å². The summed E-state index contributed by atoms with van der Waals surface area (Å²) in [6.07, 6.45) is 1.82. The number of benzene rings is 1. The van der Waals surface area contributed by atoms with E-state index in [-0.39, 0.29) is 0 Å². The summed E-state index contributed by atoms with van der Waals surface area (Å²) in [6.45, 7) is 2.86. The van der Waals surface area contributed by atoms with Crippen LogP contribution in [0.1, 0.15) is 11.1 Å². The Bertz CT molecular complexity index is 572. The SMILES string of the molecule is COc1cccc(CN(C)c2ncc(Br)cc2C)c1. The highest BCUT2D eigenvalue weighted by molar-refractivity contribution is 9.10. The second kappa shape index (κ2) is 6.06. The number of hydrogen-bond donors (Lipinski definition) is 0. The Morgan fingerprint density at radius 3 is 2.79 bits per heavy atom. The van der Waals surface area contributed by atoms with Gasteiger partial charge in [0.15, 0.2) is 0 Å². The van der Waals surface area contributed by atoms with Gasteiger partial charge in [0, 0.05) is 24.3 Å². The van der Waals surface area contributed by atoms with Crippen molar-refractivity contribution in [2.75, 3.05) is 19.1 Å². The van der Waals surface area contributed by atoms with Crippen LogP contribution in [0.5, 0.6) is 5.75 Å². The number of pyridine rings is 1. The molecule has 0 aliphatic carbocycles. The zero-order chi connectivity index (χ0) is 13.8. The van der Waals surface area contributed by atoms with Crippen molar-refractivity contribution in [3.63, 3.8) is 0 Å². The molecule has 4 heteroatoms. The van der Waals surface area contributed by atoms with Crippen LogP contribution in [0.15, 0.2) is 41.0 Å². The molecule has 1 aromatic carbocycles. The summed E-state index contributed by atoms with van der Waals surface area (Å²) in [5, 5.41) is 0. The normalized spacial score (nSPS) is 10.3. The molecule has 0 saturated carbocycles. The van der Waals surface area contributed by atoms with Crippen LogP contribution in [0, 0.1) is 6.92 Å². The molecule has 0 aliphatic heterocycles. The average Bonchev–Trinajstić information content (AvgIpc) is 2.38. The minimum absolute atomic E-state index is 0.798. The van der Waals surface area contributed by atoms with Gasteiger partial charge in [-0.15, -0.1) is 0 Å². The van der Waals surface area contributed by atoms with Gasteiger partial charge in [0.1, 0.15) is 11.6 Å². The molecule has 0 saturated heterocycles.